The van der Waals surface area contributed by atoms with Crippen molar-refractivity contribution in [2.45, 2.75) is 19.8 Å². The van der Waals surface area contributed by atoms with E-state index in [1.165, 1.54) is 15.8 Å². The van der Waals surface area contributed by atoms with Crippen molar-refractivity contribution in [1.82, 2.24) is 15.1 Å². The van der Waals surface area contributed by atoms with E-state index in [-0.39, 0.29) is 17.4 Å². The van der Waals surface area contributed by atoms with Crippen molar-refractivity contribution < 1.29 is 4.79 Å². The van der Waals surface area contributed by atoms with Crippen LogP contribution in [0.15, 0.2) is 53.0 Å². The zero-order chi connectivity index (χ0) is 19.7. The summed E-state index contributed by atoms with van der Waals surface area (Å²) in [7, 11) is 1.65. The van der Waals surface area contributed by atoms with Crippen molar-refractivity contribution in [1.29, 1.82) is 0 Å². The van der Waals surface area contributed by atoms with E-state index < -0.39 is 0 Å². The fraction of sp³-hybridized carbons (Fsp3) is 0.409. The van der Waals surface area contributed by atoms with Crippen molar-refractivity contribution in [2.75, 3.05) is 24.5 Å². The van der Waals surface area contributed by atoms with Gasteiger partial charge in [-0.15, -0.1) is 0 Å². The Bertz CT molecular complexity index is 956. The molecule has 1 amide bonds. The lowest BCUT2D eigenvalue weighted by Gasteiger charge is -2.33. The van der Waals surface area contributed by atoms with Crippen LogP contribution in [-0.2, 0) is 11.8 Å². The van der Waals surface area contributed by atoms with Gasteiger partial charge in [-0.05, 0) is 36.8 Å². The highest BCUT2D eigenvalue weighted by Gasteiger charge is 2.39. The Morgan fingerprint density at radius 1 is 1.21 bits per heavy atom. The summed E-state index contributed by atoms with van der Waals surface area (Å²) in [5, 5.41) is 7.25. The minimum absolute atomic E-state index is 0.0610. The monoisotopic (exact) mass is 378 g/mol. The predicted molar refractivity (Wildman–Crippen MR) is 110 cm³/mol. The van der Waals surface area contributed by atoms with Crippen LogP contribution in [0.2, 0.25) is 0 Å². The molecule has 1 fully saturated rings. The molecule has 1 aromatic heterocycles. The van der Waals surface area contributed by atoms with E-state index in [4.69, 9.17) is 0 Å². The van der Waals surface area contributed by atoms with Gasteiger partial charge in [0.25, 0.3) is 5.56 Å². The largest absolute Gasteiger partial charge is 0.370 e. The van der Waals surface area contributed by atoms with Crippen LogP contribution in [0.4, 0.5) is 5.69 Å². The van der Waals surface area contributed by atoms with Crippen LogP contribution in [0.3, 0.4) is 0 Å². The molecular weight excluding hydrogens is 352 g/mol. The van der Waals surface area contributed by atoms with E-state index >= 15 is 0 Å². The Balaban J connectivity index is 1.25. The molecule has 6 nitrogen and oxygen atoms in total. The summed E-state index contributed by atoms with van der Waals surface area (Å²) in [4.78, 5) is 26.6. The van der Waals surface area contributed by atoms with E-state index in [0.29, 0.717) is 12.5 Å². The lowest BCUT2D eigenvalue weighted by molar-refractivity contribution is -0.121. The van der Waals surface area contributed by atoms with Crippen LogP contribution in [0.5, 0.6) is 0 Å². The summed E-state index contributed by atoms with van der Waals surface area (Å²) >= 11 is 0. The Morgan fingerprint density at radius 3 is 2.61 bits per heavy atom. The lowest BCUT2D eigenvalue weighted by Crippen LogP contribution is -2.39. The second-order valence-electron chi connectivity index (χ2n) is 7.75. The molecule has 28 heavy (non-hydrogen) atoms. The van der Waals surface area contributed by atoms with Gasteiger partial charge in [-0.25, -0.2) is 4.68 Å². The van der Waals surface area contributed by atoms with Gasteiger partial charge >= 0.3 is 0 Å². The van der Waals surface area contributed by atoms with Crippen molar-refractivity contribution in [3.05, 3.63) is 64.1 Å². The first-order chi connectivity index (χ1) is 13.5. The Hall–Kier alpha value is -2.89. The fourth-order valence-corrected chi connectivity index (χ4v) is 4.05. The van der Waals surface area contributed by atoms with Crippen molar-refractivity contribution in [2.24, 2.45) is 18.9 Å². The first kappa shape index (κ1) is 18.5. The zero-order valence-electron chi connectivity index (χ0n) is 16.4. The van der Waals surface area contributed by atoms with Gasteiger partial charge in [0, 0.05) is 32.7 Å². The maximum Gasteiger partial charge on any atom is 0.268 e. The highest BCUT2D eigenvalue weighted by atomic mass is 16.2. The van der Waals surface area contributed by atoms with Crippen molar-refractivity contribution in [3.8, 4) is 0 Å². The number of aryl methyl sites for hydroxylation is 1. The van der Waals surface area contributed by atoms with E-state index in [2.05, 4.69) is 27.4 Å². The summed E-state index contributed by atoms with van der Waals surface area (Å²) in [6.45, 7) is 4.52. The summed E-state index contributed by atoms with van der Waals surface area (Å²) in [5.74, 6) is 0.530. The molecule has 1 aliphatic carbocycles. The summed E-state index contributed by atoms with van der Waals surface area (Å²) < 4.78 is 1.34. The second kappa shape index (κ2) is 7.62. The normalized spacial score (nSPS) is 19.6. The Morgan fingerprint density at radius 2 is 1.93 bits per heavy atom. The predicted octanol–water partition coefficient (Wildman–Crippen LogP) is 2.22. The number of carbonyl (C=O) groups excluding carboxylic acids is 1. The number of nitrogens with one attached hydrogen (secondary N) is 1. The van der Waals surface area contributed by atoms with E-state index in [0.717, 1.165) is 37.2 Å². The molecule has 0 unspecified atom stereocenters. The standard InChI is InChI=1S/C22H26N4O2/c1-15-20(17-6-4-3-5-7-17)21(15)22(28)23-13-16-8-10-26(11-9-16)18-12-19(27)25(2)24-14-18/h3-7,12,14,16,21H,8-11,13H2,1-2H3,(H,23,28)/t21-/m0/s1. The van der Waals surface area contributed by atoms with Gasteiger partial charge in [-0.3, -0.25) is 9.59 Å². The van der Waals surface area contributed by atoms with E-state index in [1.54, 1.807) is 19.3 Å². The van der Waals surface area contributed by atoms with Crippen LogP contribution in [0.25, 0.3) is 5.57 Å². The second-order valence-corrected chi connectivity index (χ2v) is 7.75. The summed E-state index contributed by atoms with van der Waals surface area (Å²) in [5.41, 5.74) is 4.29. The number of amides is 1. The molecule has 0 bridgehead atoms. The molecule has 1 saturated heterocycles. The molecule has 0 spiro atoms. The van der Waals surface area contributed by atoms with Gasteiger partial charge < -0.3 is 10.2 Å². The molecule has 1 atom stereocenters. The van der Waals surface area contributed by atoms with Crippen LogP contribution in [0.1, 0.15) is 25.3 Å². The highest BCUT2D eigenvalue weighted by molar-refractivity contribution is 6.05. The fourth-order valence-electron chi connectivity index (χ4n) is 4.05. The number of benzene rings is 1. The molecule has 0 saturated carbocycles. The number of hydrogen-bond donors (Lipinski definition) is 1. The van der Waals surface area contributed by atoms with Crippen LogP contribution < -0.4 is 15.8 Å². The van der Waals surface area contributed by atoms with Crippen LogP contribution in [-0.4, -0.2) is 35.3 Å². The highest BCUT2D eigenvalue weighted by Crippen LogP contribution is 2.46. The zero-order valence-corrected chi connectivity index (χ0v) is 16.4. The number of aromatic nitrogens is 2. The minimum atomic E-state index is -0.0894. The Labute approximate surface area is 164 Å². The van der Waals surface area contributed by atoms with Gasteiger partial charge in [0.1, 0.15) is 0 Å². The topological polar surface area (TPSA) is 67.2 Å². The molecule has 1 N–H and O–H groups in total. The molecule has 0 radical (unpaired) electrons. The van der Waals surface area contributed by atoms with Gasteiger partial charge in [0.2, 0.25) is 5.91 Å². The first-order valence-electron chi connectivity index (χ1n) is 9.86. The van der Waals surface area contributed by atoms with Crippen molar-refractivity contribution in [3.63, 3.8) is 0 Å². The van der Waals surface area contributed by atoms with Gasteiger partial charge in [-0.1, -0.05) is 35.9 Å². The number of piperidine rings is 1. The van der Waals surface area contributed by atoms with Crippen LogP contribution >= 0.6 is 0 Å². The third-order valence-corrected chi connectivity index (χ3v) is 5.91. The third-order valence-electron chi connectivity index (χ3n) is 5.91. The number of anilines is 1. The molecular formula is C22H26N4O2. The SMILES string of the molecule is CC1=C(c2ccccc2)[C@H]1C(=O)NCC1CCN(c2cnn(C)c(=O)c2)CC1. The number of rotatable bonds is 5. The van der Waals surface area contributed by atoms with E-state index in [9.17, 15) is 9.59 Å². The number of nitrogens with zero attached hydrogens (tertiary/aromatic N) is 3. The maximum absolute atomic E-state index is 12.6. The first-order valence-corrected chi connectivity index (χ1v) is 9.86. The van der Waals surface area contributed by atoms with E-state index in [1.807, 2.05) is 25.1 Å². The van der Waals surface area contributed by atoms with Crippen LogP contribution in [0, 0.1) is 11.8 Å². The molecule has 6 heteroatoms. The molecule has 146 valence electrons. The molecule has 2 aromatic rings. The van der Waals surface area contributed by atoms with Crippen molar-refractivity contribution >= 4 is 17.2 Å². The molecule has 4 rings (SSSR count). The van der Waals surface area contributed by atoms with Gasteiger partial charge in [-0.2, -0.15) is 5.10 Å². The molecule has 1 aromatic carbocycles. The summed E-state index contributed by atoms with van der Waals surface area (Å²) in [6, 6.07) is 11.8. The summed E-state index contributed by atoms with van der Waals surface area (Å²) in [6.07, 6.45) is 3.74. The van der Waals surface area contributed by atoms with Gasteiger partial charge in [0.15, 0.2) is 0 Å². The third kappa shape index (κ3) is 3.72. The smallest absolute Gasteiger partial charge is 0.268 e. The number of carbonyl (C=O) groups is 1. The lowest BCUT2D eigenvalue weighted by atomic mass is 9.96. The molecule has 2 heterocycles. The number of hydrogen-bond acceptors (Lipinski definition) is 4. The average molecular weight is 378 g/mol. The minimum Gasteiger partial charge on any atom is -0.370 e. The quantitative estimate of drug-likeness (QED) is 0.866. The molecule has 1 aliphatic heterocycles. The average Bonchev–Trinajstić information content (AvgIpc) is 3.40. The van der Waals surface area contributed by atoms with Gasteiger partial charge in [0.05, 0.1) is 17.8 Å². The Kier molecular flexibility index (Phi) is 5.03. The maximum atomic E-state index is 12.6. The molecule has 2 aliphatic rings.